The Morgan fingerprint density at radius 3 is 2.75 bits per heavy atom. The fraction of sp³-hybridized carbons (Fsp3) is 0.562. The van der Waals surface area contributed by atoms with Crippen molar-refractivity contribution in [3.05, 3.63) is 35.9 Å². The van der Waals surface area contributed by atoms with Crippen molar-refractivity contribution in [2.45, 2.75) is 51.3 Å². The molecule has 1 aliphatic rings. The average Bonchev–Trinajstić information content (AvgIpc) is 2.87. The molecule has 0 aromatic heterocycles. The number of nitrogens with one attached hydrogen (secondary N) is 1. The van der Waals surface area contributed by atoms with Crippen molar-refractivity contribution in [3.63, 3.8) is 0 Å². The van der Waals surface area contributed by atoms with Crippen LogP contribution in [-0.4, -0.2) is 34.7 Å². The zero-order valence-corrected chi connectivity index (χ0v) is 12.2. The molecular formula is C16H24N2O2. The van der Waals surface area contributed by atoms with Crippen LogP contribution in [0.2, 0.25) is 0 Å². The fourth-order valence-corrected chi connectivity index (χ4v) is 2.75. The first-order valence-electron chi connectivity index (χ1n) is 7.38. The number of aliphatic hydroxyl groups excluding tert-OH is 1. The highest BCUT2D eigenvalue weighted by atomic mass is 16.3. The van der Waals surface area contributed by atoms with Crippen molar-refractivity contribution in [2.24, 2.45) is 0 Å². The third-order valence-corrected chi connectivity index (χ3v) is 3.73. The molecule has 20 heavy (non-hydrogen) atoms. The van der Waals surface area contributed by atoms with Gasteiger partial charge in [-0.2, -0.15) is 0 Å². The van der Waals surface area contributed by atoms with E-state index in [1.807, 2.05) is 49.1 Å². The van der Waals surface area contributed by atoms with Crippen molar-refractivity contribution in [2.75, 3.05) is 6.54 Å². The predicted octanol–water partition coefficient (Wildman–Crippen LogP) is 2.69. The van der Waals surface area contributed by atoms with E-state index >= 15 is 0 Å². The second kappa shape index (κ2) is 6.75. The Hall–Kier alpha value is -1.55. The van der Waals surface area contributed by atoms with Gasteiger partial charge in [-0.15, -0.1) is 0 Å². The molecule has 1 aromatic carbocycles. The summed E-state index contributed by atoms with van der Waals surface area (Å²) in [5, 5.41) is 13.2. The molecule has 1 aliphatic heterocycles. The number of likely N-dealkylation sites (tertiary alicyclic amines) is 1. The van der Waals surface area contributed by atoms with E-state index in [4.69, 9.17) is 0 Å². The van der Waals surface area contributed by atoms with Crippen LogP contribution in [0.15, 0.2) is 30.3 Å². The highest BCUT2D eigenvalue weighted by Gasteiger charge is 2.30. The molecular weight excluding hydrogens is 252 g/mol. The minimum Gasteiger partial charge on any atom is -0.388 e. The van der Waals surface area contributed by atoms with Gasteiger partial charge < -0.3 is 15.3 Å². The van der Waals surface area contributed by atoms with Gasteiger partial charge in [0.2, 0.25) is 0 Å². The molecule has 1 saturated heterocycles. The summed E-state index contributed by atoms with van der Waals surface area (Å²) in [5.41, 5.74) is 0.920. The maximum atomic E-state index is 12.1. The Kier molecular flexibility index (Phi) is 5.01. The number of carbonyl (C=O) groups excluding carboxylic acids is 1. The van der Waals surface area contributed by atoms with E-state index in [0.717, 1.165) is 24.9 Å². The topological polar surface area (TPSA) is 52.6 Å². The molecule has 1 fully saturated rings. The van der Waals surface area contributed by atoms with Crippen LogP contribution in [0.1, 0.15) is 44.8 Å². The van der Waals surface area contributed by atoms with Gasteiger partial charge in [0, 0.05) is 18.6 Å². The largest absolute Gasteiger partial charge is 0.388 e. The lowest BCUT2D eigenvalue weighted by Gasteiger charge is -2.27. The number of nitrogens with zero attached hydrogens (tertiary/aromatic N) is 1. The van der Waals surface area contributed by atoms with Crippen molar-refractivity contribution < 1.29 is 9.90 Å². The number of amides is 2. The summed E-state index contributed by atoms with van der Waals surface area (Å²) < 4.78 is 0. The molecule has 2 N–H and O–H groups in total. The second-order valence-electron chi connectivity index (χ2n) is 5.76. The van der Waals surface area contributed by atoms with Gasteiger partial charge in [-0.3, -0.25) is 0 Å². The van der Waals surface area contributed by atoms with Crippen molar-refractivity contribution in [1.29, 1.82) is 0 Å². The third-order valence-electron chi connectivity index (χ3n) is 3.73. The van der Waals surface area contributed by atoms with Crippen molar-refractivity contribution in [1.82, 2.24) is 10.2 Å². The lowest BCUT2D eigenvalue weighted by molar-refractivity contribution is 0.125. The molecule has 0 saturated carbocycles. The van der Waals surface area contributed by atoms with Gasteiger partial charge in [0.05, 0.1) is 6.10 Å². The van der Waals surface area contributed by atoms with Crippen molar-refractivity contribution in [3.8, 4) is 0 Å². The molecule has 0 aliphatic carbocycles. The molecule has 2 rings (SSSR count). The number of benzene rings is 1. The molecule has 4 nitrogen and oxygen atoms in total. The molecule has 0 bridgehead atoms. The summed E-state index contributed by atoms with van der Waals surface area (Å²) in [6.07, 6.45) is 2.08. The summed E-state index contributed by atoms with van der Waals surface area (Å²) in [7, 11) is 0. The number of carbonyl (C=O) groups is 1. The van der Waals surface area contributed by atoms with E-state index in [1.54, 1.807) is 0 Å². The SMILES string of the molecule is CC(C)NC(=O)N1CCC[C@@H]1C[C@H](O)c1ccccc1. The quantitative estimate of drug-likeness (QED) is 0.888. The first kappa shape index (κ1) is 14.9. The first-order chi connectivity index (χ1) is 9.58. The van der Waals surface area contributed by atoms with Crippen LogP contribution < -0.4 is 5.32 Å². The number of aliphatic hydroxyl groups is 1. The van der Waals surface area contributed by atoms with Gasteiger partial charge >= 0.3 is 6.03 Å². The van der Waals surface area contributed by atoms with Gasteiger partial charge in [-0.05, 0) is 38.7 Å². The van der Waals surface area contributed by atoms with Crippen LogP contribution in [0.5, 0.6) is 0 Å². The van der Waals surface area contributed by atoms with Gasteiger partial charge in [0.1, 0.15) is 0 Å². The zero-order chi connectivity index (χ0) is 14.5. The highest BCUT2D eigenvalue weighted by molar-refractivity contribution is 5.75. The maximum absolute atomic E-state index is 12.1. The summed E-state index contributed by atoms with van der Waals surface area (Å²) >= 11 is 0. The van der Waals surface area contributed by atoms with E-state index in [2.05, 4.69) is 5.32 Å². The number of rotatable bonds is 4. The van der Waals surface area contributed by atoms with Crippen LogP contribution in [0.4, 0.5) is 4.79 Å². The van der Waals surface area contributed by atoms with Gasteiger partial charge in [0.15, 0.2) is 0 Å². The zero-order valence-electron chi connectivity index (χ0n) is 12.2. The Morgan fingerprint density at radius 2 is 2.10 bits per heavy atom. The molecule has 0 unspecified atom stereocenters. The second-order valence-corrected chi connectivity index (χ2v) is 5.76. The molecule has 2 atom stereocenters. The average molecular weight is 276 g/mol. The Balaban J connectivity index is 1.96. The first-order valence-corrected chi connectivity index (χ1v) is 7.38. The minimum atomic E-state index is -0.506. The summed E-state index contributed by atoms with van der Waals surface area (Å²) in [4.78, 5) is 14.0. The molecule has 110 valence electrons. The van der Waals surface area contributed by atoms with E-state index < -0.39 is 6.10 Å². The molecule has 4 heteroatoms. The van der Waals surface area contributed by atoms with Gasteiger partial charge in [-0.1, -0.05) is 30.3 Å². The highest BCUT2D eigenvalue weighted by Crippen LogP contribution is 2.27. The van der Waals surface area contributed by atoms with Crippen LogP contribution in [0, 0.1) is 0 Å². The lowest BCUT2D eigenvalue weighted by Crippen LogP contribution is -2.45. The minimum absolute atomic E-state index is 0.0113. The lowest BCUT2D eigenvalue weighted by atomic mass is 10.0. The van der Waals surface area contributed by atoms with Crippen LogP contribution in [0.25, 0.3) is 0 Å². The monoisotopic (exact) mass is 276 g/mol. The number of urea groups is 1. The molecule has 1 aromatic rings. The van der Waals surface area contributed by atoms with Crippen LogP contribution >= 0.6 is 0 Å². The molecule has 0 radical (unpaired) electrons. The molecule has 0 spiro atoms. The summed E-state index contributed by atoms with van der Waals surface area (Å²) in [5.74, 6) is 0. The van der Waals surface area contributed by atoms with Gasteiger partial charge in [-0.25, -0.2) is 4.79 Å². The van der Waals surface area contributed by atoms with E-state index in [0.29, 0.717) is 6.42 Å². The van der Waals surface area contributed by atoms with E-state index in [1.165, 1.54) is 0 Å². The van der Waals surface area contributed by atoms with E-state index in [-0.39, 0.29) is 18.1 Å². The molecule has 2 amide bonds. The molecule has 1 heterocycles. The summed E-state index contributed by atoms with van der Waals surface area (Å²) in [6, 6.07) is 9.91. The standard InChI is InChI=1S/C16H24N2O2/c1-12(2)17-16(20)18-10-6-9-14(18)11-15(19)13-7-4-3-5-8-13/h3-5,7-8,12,14-15,19H,6,9-11H2,1-2H3,(H,17,20)/t14-,15+/m1/s1. The third kappa shape index (κ3) is 3.73. The predicted molar refractivity (Wildman–Crippen MR) is 79.4 cm³/mol. The Labute approximate surface area is 120 Å². The summed E-state index contributed by atoms with van der Waals surface area (Å²) in [6.45, 7) is 4.70. The smallest absolute Gasteiger partial charge is 0.317 e. The van der Waals surface area contributed by atoms with E-state index in [9.17, 15) is 9.90 Å². The normalized spacial score (nSPS) is 20.2. The maximum Gasteiger partial charge on any atom is 0.317 e. The number of hydrogen-bond donors (Lipinski definition) is 2. The van der Waals surface area contributed by atoms with Crippen molar-refractivity contribution >= 4 is 6.03 Å². The fourth-order valence-electron chi connectivity index (χ4n) is 2.75. The number of hydrogen-bond acceptors (Lipinski definition) is 2. The Bertz CT molecular complexity index is 433. The van der Waals surface area contributed by atoms with Crippen LogP contribution in [0.3, 0.4) is 0 Å². The Morgan fingerprint density at radius 1 is 1.40 bits per heavy atom. The van der Waals surface area contributed by atoms with Gasteiger partial charge in [0.25, 0.3) is 0 Å². The van der Waals surface area contributed by atoms with Crippen LogP contribution in [-0.2, 0) is 0 Å².